The Bertz CT molecular complexity index is 944. The molecule has 0 saturated carbocycles. The minimum atomic E-state index is -0.976. The summed E-state index contributed by atoms with van der Waals surface area (Å²) in [5, 5.41) is 14.8. The second kappa shape index (κ2) is 15.1. The minimum Gasteiger partial charge on any atom is -0.497 e. The van der Waals surface area contributed by atoms with E-state index in [1.807, 2.05) is 13.8 Å². The third-order valence-electron chi connectivity index (χ3n) is 5.91. The van der Waals surface area contributed by atoms with E-state index >= 15 is 0 Å². The third kappa shape index (κ3) is 10.3. The first-order valence-corrected chi connectivity index (χ1v) is 12.4. The molecule has 3 N–H and O–H groups in total. The van der Waals surface area contributed by atoms with Gasteiger partial charge in [0, 0.05) is 25.4 Å². The standard InChI is InChI=1S/C27H38N2O8/c1-17(2)12-24-27(34)37-23(18(3)15-30)6-5-7-25(32)29-22(26(33)28-14-20(31)16-36-24)13-19-8-10-21(35-4)11-9-19/h5,7-11,17-18,22-24,30H,6,12-16H2,1-4H3,(H,28,33)(H,29,32)/b7-5+/t18-,22?,23?,24+/m1/s1. The molecule has 37 heavy (non-hydrogen) atoms. The van der Waals surface area contributed by atoms with Crippen molar-refractivity contribution in [3.63, 3.8) is 0 Å². The molecule has 0 fully saturated rings. The first-order chi connectivity index (χ1) is 17.6. The number of amides is 2. The second-order valence-corrected chi connectivity index (χ2v) is 9.57. The molecule has 0 bridgehead atoms. The van der Waals surface area contributed by atoms with Crippen LogP contribution in [-0.4, -0.2) is 73.8 Å². The molecule has 10 nitrogen and oxygen atoms in total. The number of cyclic esters (lactones) is 1. The number of hydrogen-bond acceptors (Lipinski definition) is 8. The van der Waals surface area contributed by atoms with Crippen molar-refractivity contribution in [2.45, 2.75) is 58.3 Å². The molecule has 1 heterocycles. The maximum atomic E-state index is 12.9. The Balaban J connectivity index is 2.26. The summed E-state index contributed by atoms with van der Waals surface area (Å²) in [6, 6.07) is 6.14. The monoisotopic (exact) mass is 518 g/mol. The van der Waals surface area contributed by atoms with Crippen LogP contribution in [0.5, 0.6) is 5.75 Å². The zero-order valence-electron chi connectivity index (χ0n) is 21.9. The molecule has 0 aromatic heterocycles. The van der Waals surface area contributed by atoms with Gasteiger partial charge in [0.25, 0.3) is 0 Å². The summed E-state index contributed by atoms with van der Waals surface area (Å²) in [5.41, 5.74) is 0.787. The van der Waals surface area contributed by atoms with Crippen molar-refractivity contribution >= 4 is 23.6 Å². The van der Waals surface area contributed by atoms with Crippen molar-refractivity contribution in [3.8, 4) is 5.75 Å². The Labute approximate surface area is 217 Å². The highest BCUT2D eigenvalue weighted by molar-refractivity contribution is 5.94. The average molecular weight is 519 g/mol. The van der Waals surface area contributed by atoms with Crippen LogP contribution in [0.15, 0.2) is 36.4 Å². The van der Waals surface area contributed by atoms with E-state index in [1.54, 1.807) is 38.3 Å². The predicted octanol–water partition coefficient (Wildman–Crippen LogP) is 1.34. The number of aliphatic hydroxyl groups excluding tert-OH is 1. The number of rotatable bonds is 7. The molecule has 10 heteroatoms. The number of ketones is 1. The van der Waals surface area contributed by atoms with Crippen LogP contribution in [0, 0.1) is 11.8 Å². The van der Waals surface area contributed by atoms with Gasteiger partial charge in [0.2, 0.25) is 11.8 Å². The summed E-state index contributed by atoms with van der Waals surface area (Å²) in [6.45, 7) is 4.61. The SMILES string of the molecule is COc1ccc(CC2NC(=O)/C=C/CC([C@H](C)CO)OC(=O)[C@H](CC(C)C)OCC(=O)CNC2=O)cc1. The van der Waals surface area contributed by atoms with E-state index in [9.17, 15) is 24.3 Å². The Morgan fingerprint density at radius 3 is 2.43 bits per heavy atom. The van der Waals surface area contributed by atoms with Gasteiger partial charge in [-0.1, -0.05) is 39.0 Å². The lowest BCUT2D eigenvalue weighted by atomic mass is 10.0. The van der Waals surface area contributed by atoms with Crippen LogP contribution in [0.4, 0.5) is 0 Å². The van der Waals surface area contributed by atoms with Gasteiger partial charge in [0.15, 0.2) is 11.9 Å². The molecule has 2 rings (SSSR count). The summed E-state index contributed by atoms with van der Waals surface area (Å²) < 4.78 is 16.4. The lowest BCUT2D eigenvalue weighted by Gasteiger charge is -2.25. The van der Waals surface area contributed by atoms with Crippen molar-refractivity contribution in [2.24, 2.45) is 11.8 Å². The maximum Gasteiger partial charge on any atom is 0.335 e. The summed E-state index contributed by atoms with van der Waals surface area (Å²) in [7, 11) is 1.55. The molecule has 2 amide bonds. The van der Waals surface area contributed by atoms with E-state index in [2.05, 4.69) is 10.6 Å². The van der Waals surface area contributed by atoms with Crippen LogP contribution in [0.1, 0.15) is 39.2 Å². The number of benzene rings is 1. The van der Waals surface area contributed by atoms with Gasteiger partial charge in [-0.2, -0.15) is 0 Å². The fourth-order valence-corrected chi connectivity index (χ4v) is 3.69. The highest BCUT2D eigenvalue weighted by atomic mass is 16.6. The van der Waals surface area contributed by atoms with E-state index in [4.69, 9.17) is 14.2 Å². The average Bonchev–Trinajstić information content (AvgIpc) is 2.87. The number of Topliss-reactive ketones (excluding diaryl/α,β-unsaturated/α-hetero) is 1. The van der Waals surface area contributed by atoms with Gasteiger partial charge >= 0.3 is 5.97 Å². The molecule has 1 aromatic rings. The Morgan fingerprint density at radius 2 is 1.81 bits per heavy atom. The van der Waals surface area contributed by atoms with E-state index < -0.39 is 47.7 Å². The second-order valence-electron chi connectivity index (χ2n) is 9.57. The number of hydrogen-bond donors (Lipinski definition) is 3. The van der Waals surface area contributed by atoms with Gasteiger partial charge in [0.1, 0.15) is 24.5 Å². The van der Waals surface area contributed by atoms with E-state index in [0.717, 1.165) is 5.56 Å². The van der Waals surface area contributed by atoms with Gasteiger partial charge < -0.3 is 30.0 Å². The molecule has 204 valence electrons. The van der Waals surface area contributed by atoms with Crippen molar-refractivity contribution in [3.05, 3.63) is 42.0 Å². The maximum absolute atomic E-state index is 12.9. The van der Waals surface area contributed by atoms with Crippen molar-refractivity contribution in [1.82, 2.24) is 10.6 Å². The first-order valence-electron chi connectivity index (χ1n) is 12.4. The zero-order valence-corrected chi connectivity index (χ0v) is 21.9. The van der Waals surface area contributed by atoms with Crippen molar-refractivity contribution in [1.29, 1.82) is 0 Å². The normalized spacial score (nSPS) is 24.1. The number of esters is 1. The smallest absolute Gasteiger partial charge is 0.335 e. The summed E-state index contributed by atoms with van der Waals surface area (Å²) >= 11 is 0. The molecule has 1 aliphatic rings. The molecule has 1 aliphatic heterocycles. The molecule has 0 radical (unpaired) electrons. The van der Waals surface area contributed by atoms with Crippen LogP contribution in [0.2, 0.25) is 0 Å². The first kappa shape index (κ1) is 30.0. The van der Waals surface area contributed by atoms with Crippen molar-refractivity contribution in [2.75, 3.05) is 26.9 Å². The molecule has 0 aliphatic carbocycles. The molecule has 0 saturated heterocycles. The van der Waals surface area contributed by atoms with Gasteiger partial charge in [-0.05, 0) is 36.1 Å². The fraction of sp³-hybridized carbons (Fsp3) is 0.556. The molecule has 4 atom stereocenters. The molecule has 1 aromatic carbocycles. The Kier molecular flexibility index (Phi) is 12.2. The van der Waals surface area contributed by atoms with Gasteiger partial charge in [0.05, 0.1) is 13.7 Å². The Hall–Kier alpha value is -3.24. The van der Waals surface area contributed by atoms with Crippen LogP contribution in [-0.2, 0) is 35.1 Å². The molecule has 0 spiro atoms. The van der Waals surface area contributed by atoms with E-state index in [-0.39, 0.29) is 38.5 Å². The fourth-order valence-electron chi connectivity index (χ4n) is 3.69. The van der Waals surface area contributed by atoms with Crippen LogP contribution in [0.3, 0.4) is 0 Å². The summed E-state index contributed by atoms with van der Waals surface area (Å²) in [6.07, 6.45) is 1.81. The quantitative estimate of drug-likeness (QED) is 0.460. The summed E-state index contributed by atoms with van der Waals surface area (Å²) in [5.74, 6) is -1.76. The number of carbonyl (C=O) groups excluding carboxylic acids is 4. The number of nitrogens with one attached hydrogen (secondary N) is 2. The summed E-state index contributed by atoms with van der Waals surface area (Å²) in [4.78, 5) is 50.8. The van der Waals surface area contributed by atoms with Crippen LogP contribution in [0.25, 0.3) is 0 Å². The highest BCUT2D eigenvalue weighted by Gasteiger charge is 2.29. The predicted molar refractivity (Wildman–Crippen MR) is 136 cm³/mol. The Morgan fingerprint density at radius 1 is 1.11 bits per heavy atom. The van der Waals surface area contributed by atoms with Crippen molar-refractivity contribution < 1.29 is 38.5 Å². The van der Waals surface area contributed by atoms with Gasteiger partial charge in [-0.25, -0.2) is 4.79 Å². The molecular weight excluding hydrogens is 480 g/mol. The van der Waals surface area contributed by atoms with Crippen LogP contribution >= 0.6 is 0 Å². The lowest BCUT2D eigenvalue weighted by Crippen LogP contribution is -2.49. The third-order valence-corrected chi connectivity index (χ3v) is 5.91. The number of carbonyl (C=O) groups is 4. The number of aliphatic hydroxyl groups is 1. The largest absolute Gasteiger partial charge is 0.497 e. The number of methoxy groups -OCH3 is 1. The van der Waals surface area contributed by atoms with Gasteiger partial charge in [-0.3, -0.25) is 14.4 Å². The lowest BCUT2D eigenvalue weighted by molar-refractivity contribution is -0.167. The molecular formula is C27H38N2O8. The topological polar surface area (TPSA) is 140 Å². The van der Waals surface area contributed by atoms with E-state index in [0.29, 0.717) is 12.2 Å². The zero-order chi connectivity index (χ0) is 27.4. The number of ether oxygens (including phenoxy) is 3. The molecule has 2 unspecified atom stereocenters. The minimum absolute atomic E-state index is 0.0916. The van der Waals surface area contributed by atoms with Crippen LogP contribution < -0.4 is 15.4 Å². The highest BCUT2D eigenvalue weighted by Crippen LogP contribution is 2.17. The van der Waals surface area contributed by atoms with E-state index in [1.165, 1.54) is 12.2 Å². The van der Waals surface area contributed by atoms with Gasteiger partial charge in [-0.15, -0.1) is 0 Å².